The number of hydrogen-bond donors (Lipinski definition) is 2. The third-order valence-electron chi connectivity index (χ3n) is 3.95. The fraction of sp³-hybridized carbons (Fsp3) is 0.500. The Labute approximate surface area is 135 Å². The standard InChI is InChI=1S/C16H22N2O5/c1-10-6-11(15(19)20)9-18(8-10)16(21)17-13-5-4-12(22-2)7-14(13)23-3/h4-5,7,10-11H,6,8-9H2,1-3H3,(H,17,21)(H,19,20). The molecular formula is C16H22N2O5. The second kappa shape index (κ2) is 7.21. The van der Waals surface area contributed by atoms with E-state index in [2.05, 4.69) is 5.32 Å². The second-order valence-electron chi connectivity index (χ2n) is 5.78. The lowest BCUT2D eigenvalue weighted by atomic mass is 9.91. The normalized spacial score (nSPS) is 20.7. The van der Waals surface area contributed by atoms with Crippen LogP contribution in [-0.2, 0) is 4.79 Å². The molecule has 0 radical (unpaired) electrons. The summed E-state index contributed by atoms with van der Waals surface area (Å²) in [7, 11) is 3.06. The van der Waals surface area contributed by atoms with Crippen LogP contribution in [0.4, 0.5) is 10.5 Å². The number of hydrogen-bond acceptors (Lipinski definition) is 4. The Balaban J connectivity index is 2.10. The molecule has 0 saturated carbocycles. The van der Waals surface area contributed by atoms with Gasteiger partial charge in [0.05, 0.1) is 25.8 Å². The van der Waals surface area contributed by atoms with Gasteiger partial charge in [0.15, 0.2) is 0 Å². The predicted molar refractivity (Wildman–Crippen MR) is 85.0 cm³/mol. The molecule has 2 amide bonds. The lowest BCUT2D eigenvalue weighted by molar-refractivity contribution is -0.143. The van der Waals surface area contributed by atoms with Gasteiger partial charge in [-0.3, -0.25) is 4.79 Å². The molecule has 0 aromatic heterocycles. The Morgan fingerprint density at radius 3 is 2.61 bits per heavy atom. The smallest absolute Gasteiger partial charge is 0.321 e. The Kier molecular flexibility index (Phi) is 5.31. The van der Waals surface area contributed by atoms with Crippen molar-refractivity contribution in [3.63, 3.8) is 0 Å². The Morgan fingerprint density at radius 2 is 2.00 bits per heavy atom. The molecule has 1 heterocycles. The van der Waals surface area contributed by atoms with Crippen molar-refractivity contribution in [3.8, 4) is 11.5 Å². The number of piperidine rings is 1. The number of urea groups is 1. The van der Waals surface area contributed by atoms with E-state index < -0.39 is 11.9 Å². The highest BCUT2D eigenvalue weighted by Gasteiger charge is 2.32. The molecule has 2 unspecified atom stereocenters. The number of amides is 2. The molecule has 0 spiro atoms. The lowest BCUT2D eigenvalue weighted by Crippen LogP contribution is -2.47. The van der Waals surface area contributed by atoms with Gasteiger partial charge in [0.25, 0.3) is 0 Å². The molecular weight excluding hydrogens is 300 g/mol. The molecule has 7 heteroatoms. The average molecular weight is 322 g/mol. The fourth-order valence-electron chi connectivity index (χ4n) is 2.79. The predicted octanol–water partition coefficient (Wildman–Crippen LogP) is 2.28. The number of ether oxygens (including phenoxy) is 2. The number of anilines is 1. The molecule has 1 aromatic rings. The van der Waals surface area contributed by atoms with Crippen molar-refractivity contribution in [2.24, 2.45) is 11.8 Å². The first-order chi connectivity index (χ1) is 10.9. The number of nitrogens with one attached hydrogen (secondary N) is 1. The molecule has 1 aliphatic heterocycles. The number of carbonyl (C=O) groups is 2. The van der Waals surface area contributed by atoms with Crippen molar-refractivity contribution in [2.45, 2.75) is 13.3 Å². The molecule has 7 nitrogen and oxygen atoms in total. The van der Waals surface area contributed by atoms with Crippen molar-refractivity contribution in [1.29, 1.82) is 0 Å². The van der Waals surface area contributed by atoms with Gasteiger partial charge in [-0.15, -0.1) is 0 Å². The van der Waals surface area contributed by atoms with Gasteiger partial charge in [-0.2, -0.15) is 0 Å². The minimum atomic E-state index is -0.864. The zero-order valence-electron chi connectivity index (χ0n) is 13.5. The number of likely N-dealkylation sites (tertiary alicyclic amines) is 1. The summed E-state index contributed by atoms with van der Waals surface area (Å²) >= 11 is 0. The van der Waals surface area contributed by atoms with E-state index in [9.17, 15) is 14.7 Å². The third kappa shape index (κ3) is 4.06. The molecule has 1 aromatic carbocycles. The van der Waals surface area contributed by atoms with Crippen molar-refractivity contribution in [1.82, 2.24) is 4.90 Å². The highest BCUT2D eigenvalue weighted by molar-refractivity contribution is 5.91. The number of benzene rings is 1. The molecule has 1 aliphatic rings. The third-order valence-corrected chi connectivity index (χ3v) is 3.95. The molecule has 1 saturated heterocycles. The van der Waals surface area contributed by atoms with E-state index in [1.165, 1.54) is 12.0 Å². The topological polar surface area (TPSA) is 88.1 Å². The van der Waals surface area contributed by atoms with E-state index in [1.807, 2.05) is 6.92 Å². The van der Waals surface area contributed by atoms with Crippen molar-refractivity contribution >= 4 is 17.7 Å². The summed E-state index contributed by atoms with van der Waals surface area (Å²) in [5.74, 6) is -0.137. The SMILES string of the molecule is COc1ccc(NC(=O)N2CC(C)CC(C(=O)O)C2)c(OC)c1. The summed E-state index contributed by atoms with van der Waals surface area (Å²) in [6, 6.07) is 4.76. The summed E-state index contributed by atoms with van der Waals surface area (Å²) in [6.07, 6.45) is 0.588. The second-order valence-corrected chi connectivity index (χ2v) is 5.78. The van der Waals surface area contributed by atoms with Crippen molar-refractivity contribution in [3.05, 3.63) is 18.2 Å². The maximum absolute atomic E-state index is 12.4. The monoisotopic (exact) mass is 322 g/mol. The quantitative estimate of drug-likeness (QED) is 0.888. The maximum atomic E-state index is 12.4. The maximum Gasteiger partial charge on any atom is 0.321 e. The van der Waals surface area contributed by atoms with E-state index in [-0.39, 0.29) is 18.5 Å². The van der Waals surface area contributed by atoms with E-state index in [0.717, 1.165) is 0 Å². The van der Waals surface area contributed by atoms with Gasteiger partial charge in [0.2, 0.25) is 0 Å². The van der Waals surface area contributed by atoms with E-state index in [4.69, 9.17) is 9.47 Å². The minimum absolute atomic E-state index is 0.147. The van der Waals surface area contributed by atoms with Crippen LogP contribution in [0.25, 0.3) is 0 Å². The van der Waals surface area contributed by atoms with Crippen LogP contribution < -0.4 is 14.8 Å². The summed E-state index contributed by atoms with van der Waals surface area (Å²) in [5.41, 5.74) is 0.517. The summed E-state index contributed by atoms with van der Waals surface area (Å²) in [5, 5.41) is 12.0. The van der Waals surface area contributed by atoms with Crippen LogP contribution in [-0.4, -0.2) is 49.3 Å². The summed E-state index contributed by atoms with van der Waals surface area (Å²) in [6.45, 7) is 2.70. The number of rotatable bonds is 4. The van der Waals surface area contributed by atoms with Crippen LogP contribution in [0.1, 0.15) is 13.3 Å². The van der Waals surface area contributed by atoms with Gasteiger partial charge in [-0.05, 0) is 24.5 Å². The molecule has 23 heavy (non-hydrogen) atoms. The number of carbonyl (C=O) groups excluding carboxylic acids is 1. The van der Waals surface area contributed by atoms with Crippen LogP contribution in [0.15, 0.2) is 18.2 Å². The average Bonchev–Trinajstić information content (AvgIpc) is 2.54. The Hall–Kier alpha value is -2.44. The molecule has 1 fully saturated rings. The van der Waals surface area contributed by atoms with Crippen LogP contribution in [0.3, 0.4) is 0 Å². The van der Waals surface area contributed by atoms with Crippen LogP contribution >= 0.6 is 0 Å². The highest BCUT2D eigenvalue weighted by atomic mass is 16.5. The summed E-state index contributed by atoms with van der Waals surface area (Å²) < 4.78 is 10.4. The van der Waals surface area contributed by atoms with Crippen LogP contribution in [0.5, 0.6) is 11.5 Å². The van der Waals surface area contributed by atoms with E-state index in [1.54, 1.807) is 25.3 Å². The largest absolute Gasteiger partial charge is 0.497 e. The number of carboxylic acids is 1. The molecule has 126 valence electrons. The Bertz CT molecular complexity index is 590. The van der Waals surface area contributed by atoms with Crippen molar-refractivity contribution in [2.75, 3.05) is 32.6 Å². The van der Waals surface area contributed by atoms with Gasteiger partial charge in [-0.25, -0.2) is 4.79 Å². The number of nitrogens with zero attached hydrogens (tertiary/aromatic N) is 1. The van der Waals surface area contributed by atoms with Crippen LogP contribution in [0.2, 0.25) is 0 Å². The highest BCUT2D eigenvalue weighted by Crippen LogP contribution is 2.30. The molecule has 2 atom stereocenters. The van der Waals surface area contributed by atoms with Gasteiger partial charge in [0.1, 0.15) is 11.5 Å². The molecule has 0 bridgehead atoms. The summed E-state index contributed by atoms with van der Waals surface area (Å²) in [4.78, 5) is 25.2. The van der Waals surface area contributed by atoms with E-state index >= 15 is 0 Å². The number of aliphatic carboxylic acids is 1. The van der Waals surface area contributed by atoms with Crippen LogP contribution in [0, 0.1) is 11.8 Å². The van der Waals surface area contributed by atoms with Gasteiger partial charge in [0, 0.05) is 19.2 Å². The molecule has 2 rings (SSSR count). The zero-order chi connectivity index (χ0) is 17.0. The lowest BCUT2D eigenvalue weighted by Gasteiger charge is -2.34. The molecule has 0 aliphatic carbocycles. The zero-order valence-corrected chi connectivity index (χ0v) is 13.5. The number of methoxy groups -OCH3 is 2. The first kappa shape index (κ1) is 16.9. The van der Waals surface area contributed by atoms with Gasteiger partial charge in [-0.1, -0.05) is 6.92 Å². The first-order valence-corrected chi connectivity index (χ1v) is 7.45. The van der Waals surface area contributed by atoms with E-state index in [0.29, 0.717) is 30.2 Å². The molecule has 2 N–H and O–H groups in total. The fourth-order valence-corrected chi connectivity index (χ4v) is 2.79. The van der Waals surface area contributed by atoms with Gasteiger partial charge >= 0.3 is 12.0 Å². The minimum Gasteiger partial charge on any atom is -0.497 e. The first-order valence-electron chi connectivity index (χ1n) is 7.45. The Morgan fingerprint density at radius 1 is 1.26 bits per heavy atom. The van der Waals surface area contributed by atoms with Crippen molar-refractivity contribution < 1.29 is 24.2 Å². The van der Waals surface area contributed by atoms with Gasteiger partial charge < -0.3 is 24.8 Å². The number of carboxylic acid groups (broad SMARTS) is 1.